The molecule has 0 amide bonds. The summed E-state index contributed by atoms with van der Waals surface area (Å²) in [6.45, 7) is 1.83. The molecule has 0 aromatic heterocycles. The number of rotatable bonds is 5. The van der Waals surface area contributed by atoms with Crippen molar-refractivity contribution in [3.05, 3.63) is 65.2 Å². The smallest absolute Gasteiger partial charge is 0.106 e. The molecule has 0 saturated heterocycles. The molecule has 0 atom stereocenters. The zero-order chi connectivity index (χ0) is 14.9. The second-order valence-electron chi connectivity index (χ2n) is 4.32. The molecule has 21 heavy (non-hydrogen) atoms. The maximum absolute atomic E-state index is 4.76. The minimum Gasteiger partial charge on any atom is -0.399 e. The highest BCUT2D eigenvalue weighted by atomic mass is 32.2. The number of hydrogen-bond acceptors (Lipinski definition) is 3. The molecule has 0 aliphatic heterocycles. The Morgan fingerprint density at radius 1 is 1.19 bits per heavy atom. The normalized spacial score (nSPS) is 10.2. The molecular formula is C18H17NOS. The van der Waals surface area contributed by atoms with Crippen LogP contribution in [0.2, 0.25) is 0 Å². The monoisotopic (exact) mass is 295 g/mol. The van der Waals surface area contributed by atoms with Gasteiger partial charge in [0.05, 0.1) is 6.21 Å². The number of hydrogen-bond donors (Lipinski definition) is 0. The third-order valence-electron chi connectivity index (χ3n) is 2.83. The fourth-order valence-corrected chi connectivity index (χ4v) is 2.74. The van der Waals surface area contributed by atoms with Crippen molar-refractivity contribution in [2.24, 2.45) is 5.16 Å². The van der Waals surface area contributed by atoms with Crippen LogP contribution in [0.5, 0.6) is 0 Å². The van der Waals surface area contributed by atoms with Gasteiger partial charge in [0.1, 0.15) is 7.11 Å². The van der Waals surface area contributed by atoms with Gasteiger partial charge in [-0.05, 0) is 30.7 Å². The van der Waals surface area contributed by atoms with Crippen LogP contribution in [0.3, 0.4) is 0 Å². The van der Waals surface area contributed by atoms with Gasteiger partial charge >= 0.3 is 0 Å². The summed E-state index contributed by atoms with van der Waals surface area (Å²) in [5, 5.41) is 3.84. The maximum Gasteiger partial charge on any atom is 0.106 e. The quantitative estimate of drug-likeness (QED) is 0.354. The molecule has 0 aliphatic rings. The van der Waals surface area contributed by atoms with E-state index in [1.165, 1.54) is 17.6 Å². The van der Waals surface area contributed by atoms with E-state index in [1.807, 2.05) is 19.1 Å². The van der Waals surface area contributed by atoms with Gasteiger partial charge < -0.3 is 4.84 Å². The molecule has 2 aromatic carbocycles. The van der Waals surface area contributed by atoms with Crippen LogP contribution in [-0.2, 0) is 10.6 Å². The zero-order valence-electron chi connectivity index (χ0n) is 12.2. The van der Waals surface area contributed by atoms with Gasteiger partial charge in [-0.25, -0.2) is 0 Å². The Hall–Kier alpha value is -2.18. The molecule has 0 unspecified atom stereocenters. The van der Waals surface area contributed by atoms with Crippen molar-refractivity contribution >= 4 is 18.0 Å². The number of benzene rings is 2. The van der Waals surface area contributed by atoms with Gasteiger partial charge in [0.2, 0.25) is 0 Å². The van der Waals surface area contributed by atoms with E-state index in [2.05, 4.69) is 53.4 Å². The third-order valence-corrected chi connectivity index (χ3v) is 3.89. The highest BCUT2D eigenvalue weighted by Crippen LogP contribution is 2.24. The second kappa shape index (κ2) is 8.18. The van der Waals surface area contributed by atoms with Crippen LogP contribution >= 0.6 is 11.8 Å². The summed E-state index contributed by atoms with van der Waals surface area (Å²) in [5.41, 5.74) is 3.25. The van der Waals surface area contributed by atoms with E-state index in [9.17, 15) is 0 Å². The van der Waals surface area contributed by atoms with Crippen molar-refractivity contribution in [1.29, 1.82) is 0 Å². The van der Waals surface area contributed by atoms with E-state index in [1.54, 1.807) is 18.0 Å². The predicted molar refractivity (Wildman–Crippen MR) is 89.6 cm³/mol. The first-order valence-electron chi connectivity index (χ1n) is 6.63. The highest BCUT2D eigenvalue weighted by molar-refractivity contribution is 7.98. The fraction of sp³-hybridized carbons (Fsp3) is 0.167. The Kier molecular flexibility index (Phi) is 5.93. The van der Waals surface area contributed by atoms with Crippen molar-refractivity contribution in [3.63, 3.8) is 0 Å². The van der Waals surface area contributed by atoms with Gasteiger partial charge in [0.25, 0.3) is 0 Å². The largest absolute Gasteiger partial charge is 0.399 e. The van der Waals surface area contributed by atoms with Crippen molar-refractivity contribution in [2.45, 2.75) is 17.6 Å². The Morgan fingerprint density at radius 3 is 2.71 bits per heavy atom. The summed E-state index contributed by atoms with van der Waals surface area (Å²) < 4.78 is 0. The SMILES string of the molecule is CC#Cc1ccc(SCc2ccccc2)cc1C=NOC. The van der Waals surface area contributed by atoms with Crippen LogP contribution in [0.15, 0.2) is 58.6 Å². The lowest BCUT2D eigenvalue weighted by Gasteiger charge is -2.05. The summed E-state index contributed by atoms with van der Waals surface area (Å²) >= 11 is 1.80. The van der Waals surface area contributed by atoms with E-state index >= 15 is 0 Å². The van der Waals surface area contributed by atoms with E-state index in [-0.39, 0.29) is 0 Å². The first-order chi connectivity index (χ1) is 10.3. The standard InChI is InChI=1S/C18H17NOS/c1-3-7-16-10-11-18(12-17(16)13-19-20-2)21-14-15-8-5-4-6-9-15/h4-6,8-13H,14H2,1-2H3. The molecule has 0 bridgehead atoms. The number of thioether (sulfide) groups is 1. The van der Waals surface area contributed by atoms with Crippen molar-refractivity contribution in [2.75, 3.05) is 7.11 Å². The van der Waals surface area contributed by atoms with E-state index < -0.39 is 0 Å². The average molecular weight is 295 g/mol. The fourth-order valence-electron chi connectivity index (χ4n) is 1.84. The van der Waals surface area contributed by atoms with Gasteiger partial charge in [-0.3, -0.25) is 0 Å². The van der Waals surface area contributed by atoms with Crippen LogP contribution in [0.25, 0.3) is 0 Å². The number of oxime groups is 1. The molecule has 0 radical (unpaired) electrons. The zero-order valence-corrected chi connectivity index (χ0v) is 13.0. The van der Waals surface area contributed by atoms with Crippen LogP contribution in [0, 0.1) is 11.8 Å². The van der Waals surface area contributed by atoms with Crippen LogP contribution < -0.4 is 0 Å². The molecule has 0 fully saturated rings. The third kappa shape index (κ3) is 4.70. The minimum atomic E-state index is 0.945. The molecule has 0 spiro atoms. The van der Waals surface area contributed by atoms with Crippen LogP contribution in [0.1, 0.15) is 23.6 Å². The summed E-state index contributed by atoms with van der Waals surface area (Å²) in [6, 6.07) is 16.6. The molecule has 0 N–H and O–H groups in total. The van der Waals surface area contributed by atoms with Crippen molar-refractivity contribution in [1.82, 2.24) is 0 Å². The summed E-state index contributed by atoms with van der Waals surface area (Å²) in [7, 11) is 1.54. The van der Waals surface area contributed by atoms with Gasteiger partial charge in [0.15, 0.2) is 0 Å². The molecule has 106 valence electrons. The Bertz CT molecular complexity index is 669. The Labute approximate surface area is 130 Å². The summed E-state index contributed by atoms with van der Waals surface area (Å²) in [5.74, 6) is 6.94. The summed E-state index contributed by atoms with van der Waals surface area (Å²) in [6.07, 6.45) is 1.70. The lowest BCUT2D eigenvalue weighted by Crippen LogP contribution is -1.90. The van der Waals surface area contributed by atoms with Crippen LogP contribution in [-0.4, -0.2) is 13.3 Å². The Balaban J connectivity index is 2.16. The van der Waals surface area contributed by atoms with Crippen molar-refractivity contribution < 1.29 is 4.84 Å². The molecule has 2 rings (SSSR count). The van der Waals surface area contributed by atoms with Gasteiger partial charge in [-0.1, -0.05) is 41.4 Å². The number of nitrogens with zero attached hydrogens (tertiary/aromatic N) is 1. The second-order valence-corrected chi connectivity index (χ2v) is 5.36. The first kappa shape index (κ1) is 15.2. The molecule has 0 saturated carbocycles. The topological polar surface area (TPSA) is 21.6 Å². The van der Waals surface area contributed by atoms with Gasteiger partial charge in [-0.2, -0.15) is 0 Å². The maximum atomic E-state index is 4.76. The summed E-state index contributed by atoms with van der Waals surface area (Å²) in [4.78, 5) is 5.96. The highest BCUT2D eigenvalue weighted by Gasteiger charge is 2.02. The van der Waals surface area contributed by atoms with E-state index in [0.717, 1.165) is 16.9 Å². The molecule has 0 heterocycles. The first-order valence-corrected chi connectivity index (χ1v) is 7.62. The molecule has 2 nitrogen and oxygen atoms in total. The molecule has 3 heteroatoms. The van der Waals surface area contributed by atoms with Crippen LogP contribution in [0.4, 0.5) is 0 Å². The minimum absolute atomic E-state index is 0.945. The lowest BCUT2D eigenvalue weighted by molar-refractivity contribution is 0.215. The van der Waals surface area contributed by atoms with Gasteiger partial charge in [-0.15, -0.1) is 17.7 Å². The molecule has 0 aliphatic carbocycles. The van der Waals surface area contributed by atoms with Gasteiger partial charge in [0, 0.05) is 21.8 Å². The Morgan fingerprint density at radius 2 is 2.00 bits per heavy atom. The molecular weight excluding hydrogens is 278 g/mol. The van der Waals surface area contributed by atoms with E-state index in [4.69, 9.17) is 4.84 Å². The predicted octanol–water partition coefficient (Wildman–Crippen LogP) is 4.33. The van der Waals surface area contributed by atoms with E-state index in [0.29, 0.717) is 0 Å². The molecule has 2 aromatic rings. The van der Waals surface area contributed by atoms with Crippen molar-refractivity contribution in [3.8, 4) is 11.8 Å². The average Bonchev–Trinajstić information content (AvgIpc) is 2.53. The lowest BCUT2D eigenvalue weighted by atomic mass is 10.1.